The van der Waals surface area contributed by atoms with Crippen LogP contribution in [0.5, 0.6) is 0 Å². The lowest BCUT2D eigenvalue weighted by molar-refractivity contribution is 0.223. The predicted molar refractivity (Wildman–Crippen MR) is 82.6 cm³/mol. The third-order valence-electron chi connectivity index (χ3n) is 4.16. The van der Waals surface area contributed by atoms with Gasteiger partial charge in [0.1, 0.15) is 0 Å². The Labute approximate surface area is 127 Å². The summed E-state index contributed by atoms with van der Waals surface area (Å²) >= 11 is 3.53. The molecule has 1 aromatic carbocycles. The Hall–Kier alpha value is -1.31. The molecule has 0 radical (unpaired) electrons. The van der Waals surface area contributed by atoms with Crippen molar-refractivity contribution in [2.75, 3.05) is 6.61 Å². The van der Waals surface area contributed by atoms with Crippen molar-refractivity contribution in [3.05, 3.63) is 33.9 Å². The number of aliphatic hydroxyl groups excluding tert-OH is 1. The van der Waals surface area contributed by atoms with E-state index in [0.717, 1.165) is 23.9 Å². The van der Waals surface area contributed by atoms with Crippen LogP contribution in [0.1, 0.15) is 30.5 Å². The first kappa shape index (κ1) is 13.7. The van der Waals surface area contributed by atoms with E-state index < -0.39 is 0 Å². The molecular formula is C16H17BrN2O. The third kappa shape index (κ3) is 2.06. The summed E-state index contributed by atoms with van der Waals surface area (Å²) in [4.78, 5) is 0. The van der Waals surface area contributed by atoms with Crippen LogP contribution in [0.2, 0.25) is 0 Å². The van der Waals surface area contributed by atoms with Crippen molar-refractivity contribution in [1.82, 2.24) is 4.57 Å². The van der Waals surface area contributed by atoms with E-state index in [9.17, 15) is 10.4 Å². The molecule has 1 aromatic heterocycles. The average molecular weight is 333 g/mol. The highest BCUT2D eigenvalue weighted by Crippen LogP contribution is 2.41. The molecule has 0 spiro atoms. The van der Waals surface area contributed by atoms with E-state index in [1.54, 1.807) is 0 Å². The molecule has 2 aromatic rings. The first-order valence-corrected chi connectivity index (χ1v) is 7.76. The number of halogens is 1. The molecule has 1 aliphatic carbocycles. The van der Waals surface area contributed by atoms with Gasteiger partial charge in [0.25, 0.3) is 0 Å². The quantitative estimate of drug-likeness (QED) is 0.933. The van der Waals surface area contributed by atoms with Gasteiger partial charge in [0.2, 0.25) is 0 Å². The molecule has 0 aliphatic heterocycles. The van der Waals surface area contributed by atoms with E-state index in [-0.39, 0.29) is 18.4 Å². The molecule has 104 valence electrons. The second-order valence-corrected chi connectivity index (χ2v) is 6.56. The van der Waals surface area contributed by atoms with Gasteiger partial charge in [0, 0.05) is 34.2 Å². The van der Waals surface area contributed by atoms with Crippen LogP contribution in [0.3, 0.4) is 0 Å². The van der Waals surface area contributed by atoms with Crippen LogP contribution < -0.4 is 0 Å². The summed E-state index contributed by atoms with van der Waals surface area (Å²) in [6, 6.07) is 8.69. The maximum absolute atomic E-state index is 9.36. The molecule has 3 rings (SSSR count). The fourth-order valence-corrected chi connectivity index (χ4v) is 3.54. The molecule has 20 heavy (non-hydrogen) atoms. The molecule has 1 N–H and O–H groups in total. The number of nitriles is 1. The number of fused-ring (bicyclic) bond motifs is 3. The van der Waals surface area contributed by atoms with E-state index in [1.807, 2.05) is 13.0 Å². The minimum Gasteiger partial charge on any atom is -0.396 e. The monoisotopic (exact) mass is 332 g/mol. The molecule has 3 nitrogen and oxygen atoms in total. The Morgan fingerprint density at radius 1 is 1.55 bits per heavy atom. The summed E-state index contributed by atoms with van der Waals surface area (Å²) in [6.45, 7) is 3.04. The van der Waals surface area contributed by atoms with E-state index >= 15 is 0 Å². The summed E-state index contributed by atoms with van der Waals surface area (Å²) in [6.07, 6.45) is 1.87. The second-order valence-electron chi connectivity index (χ2n) is 5.64. The summed E-state index contributed by atoms with van der Waals surface area (Å²) < 4.78 is 3.35. The van der Waals surface area contributed by atoms with Crippen molar-refractivity contribution in [2.24, 2.45) is 5.92 Å². The number of benzene rings is 1. The van der Waals surface area contributed by atoms with Crippen LogP contribution in [0.4, 0.5) is 0 Å². The minimum absolute atomic E-state index is 0.0133. The number of hydrogen-bond donors (Lipinski definition) is 1. The van der Waals surface area contributed by atoms with Gasteiger partial charge in [-0.05, 0) is 36.5 Å². The van der Waals surface area contributed by atoms with Crippen molar-refractivity contribution in [3.8, 4) is 6.07 Å². The van der Waals surface area contributed by atoms with Crippen molar-refractivity contribution < 1.29 is 5.11 Å². The molecule has 0 amide bonds. The fourth-order valence-electron chi connectivity index (χ4n) is 3.19. The predicted octanol–water partition coefficient (Wildman–Crippen LogP) is 3.59. The lowest BCUT2D eigenvalue weighted by Crippen LogP contribution is -2.12. The van der Waals surface area contributed by atoms with Gasteiger partial charge in [-0.1, -0.05) is 28.9 Å². The van der Waals surface area contributed by atoms with Gasteiger partial charge in [-0.2, -0.15) is 5.26 Å². The Morgan fingerprint density at radius 2 is 2.35 bits per heavy atom. The van der Waals surface area contributed by atoms with Gasteiger partial charge in [-0.15, -0.1) is 0 Å². The zero-order chi connectivity index (χ0) is 14.3. The van der Waals surface area contributed by atoms with E-state index in [2.05, 4.69) is 38.7 Å². The number of hydrogen-bond acceptors (Lipinski definition) is 2. The molecule has 1 aliphatic rings. The molecule has 2 atom stereocenters. The summed E-state index contributed by atoms with van der Waals surface area (Å²) in [5, 5.41) is 19.9. The topological polar surface area (TPSA) is 49.0 Å². The van der Waals surface area contributed by atoms with Crippen LogP contribution in [0.15, 0.2) is 22.7 Å². The van der Waals surface area contributed by atoms with Crippen molar-refractivity contribution in [1.29, 1.82) is 5.26 Å². The second kappa shape index (κ2) is 5.23. The van der Waals surface area contributed by atoms with Gasteiger partial charge in [0.05, 0.1) is 12.0 Å². The molecule has 2 unspecified atom stereocenters. The highest BCUT2D eigenvalue weighted by Gasteiger charge is 2.29. The van der Waals surface area contributed by atoms with Crippen molar-refractivity contribution in [3.63, 3.8) is 0 Å². The average Bonchev–Trinajstić information content (AvgIpc) is 2.98. The summed E-state index contributed by atoms with van der Waals surface area (Å²) in [7, 11) is 0. The first-order chi connectivity index (χ1) is 9.65. The normalized spacial score (nSPS) is 19.0. The Bertz CT molecular complexity index is 699. The van der Waals surface area contributed by atoms with Crippen LogP contribution in [0.25, 0.3) is 10.9 Å². The number of rotatable bonds is 3. The van der Waals surface area contributed by atoms with Crippen LogP contribution in [-0.4, -0.2) is 16.3 Å². The molecule has 1 heterocycles. The highest BCUT2D eigenvalue weighted by atomic mass is 79.9. The smallest absolute Gasteiger partial charge is 0.0740 e. The lowest BCUT2D eigenvalue weighted by Gasteiger charge is -2.14. The molecule has 0 saturated heterocycles. The fraction of sp³-hybridized carbons (Fsp3) is 0.438. The summed E-state index contributed by atoms with van der Waals surface area (Å²) in [5.41, 5.74) is 3.66. The van der Waals surface area contributed by atoms with Crippen LogP contribution >= 0.6 is 15.9 Å². The lowest BCUT2D eigenvalue weighted by atomic mass is 10.0. The van der Waals surface area contributed by atoms with Gasteiger partial charge in [-0.25, -0.2) is 0 Å². The van der Waals surface area contributed by atoms with E-state index in [0.29, 0.717) is 0 Å². The van der Waals surface area contributed by atoms with Gasteiger partial charge >= 0.3 is 0 Å². The maximum Gasteiger partial charge on any atom is 0.0740 e. The molecule has 0 saturated carbocycles. The zero-order valence-electron chi connectivity index (χ0n) is 11.4. The van der Waals surface area contributed by atoms with Crippen LogP contribution in [-0.2, 0) is 13.0 Å². The van der Waals surface area contributed by atoms with Crippen LogP contribution in [0, 0.1) is 17.2 Å². The standard InChI is InChI=1S/C16H17BrN2O/c1-10(9-20)8-19-14-5-2-11(7-18)16(14)13-4-3-12(17)6-15(13)19/h3-4,6,10-11,20H,2,5,8-9H2,1H3. The minimum atomic E-state index is 0.0133. The molecular weight excluding hydrogens is 316 g/mol. The summed E-state index contributed by atoms with van der Waals surface area (Å²) in [5.74, 6) is 0.231. The Balaban J connectivity index is 2.23. The van der Waals surface area contributed by atoms with Gasteiger partial charge < -0.3 is 9.67 Å². The van der Waals surface area contributed by atoms with Crippen molar-refractivity contribution >= 4 is 26.8 Å². The highest BCUT2D eigenvalue weighted by molar-refractivity contribution is 9.10. The number of aliphatic hydroxyl groups is 1. The van der Waals surface area contributed by atoms with Gasteiger partial charge in [0.15, 0.2) is 0 Å². The zero-order valence-corrected chi connectivity index (χ0v) is 13.0. The van der Waals surface area contributed by atoms with Gasteiger partial charge in [-0.3, -0.25) is 0 Å². The van der Waals surface area contributed by atoms with Crippen molar-refractivity contribution in [2.45, 2.75) is 32.2 Å². The maximum atomic E-state index is 9.36. The third-order valence-corrected chi connectivity index (χ3v) is 4.65. The molecule has 0 fully saturated rings. The molecule has 4 heteroatoms. The number of nitrogens with zero attached hydrogens (tertiary/aromatic N) is 2. The van der Waals surface area contributed by atoms with E-state index in [4.69, 9.17) is 0 Å². The number of aromatic nitrogens is 1. The Morgan fingerprint density at radius 3 is 3.05 bits per heavy atom. The first-order valence-electron chi connectivity index (χ1n) is 6.96. The largest absolute Gasteiger partial charge is 0.396 e. The van der Waals surface area contributed by atoms with E-state index in [1.165, 1.54) is 22.2 Å². The molecule has 0 bridgehead atoms. The Kier molecular flexibility index (Phi) is 3.57. The SMILES string of the molecule is CC(CO)Cn1c2c(c3ccc(Br)cc31)C(C#N)CC2.